The molecule has 7 nitrogen and oxygen atoms in total. The molecule has 2 atom stereocenters. The summed E-state index contributed by atoms with van der Waals surface area (Å²) in [4.78, 5) is 3.76. The van der Waals surface area contributed by atoms with Crippen molar-refractivity contribution in [2.45, 2.75) is 30.3 Å². The molecule has 10 heteroatoms. The molecule has 0 radical (unpaired) electrons. The zero-order chi connectivity index (χ0) is 23.6. The highest BCUT2D eigenvalue weighted by atomic mass is 32.2. The van der Waals surface area contributed by atoms with Gasteiger partial charge in [-0.2, -0.15) is 0 Å². The first kappa shape index (κ1) is 23.9. The number of hydrogen-bond donors (Lipinski definition) is 2. The van der Waals surface area contributed by atoms with Gasteiger partial charge in [-0.15, -0.1) is 11.3 Å². The fourth-order valence-corrected chi connectivity index (χ4v) is 6.90. The first-order valence-electron chi connectivity index (χ1n) is 10.6. The Kier molecular flexibility index (Phi) is 6.92. The maximum atomic E-state index is 12.8. The van der Waals surface area contributed by atoms with Crippen molar-refractivity contribution in [3.63, 3.8) is 0 Å². The lowest BCUT2D eigenvalue weighted by Gasteiger charge is -2.41. The van der Waals surface area contributed by atoms with E-state index in [0.717, 1.165) is 12.7 Å². The number of nitrogens with one attached hydrogen (secondary N) is 2. The molecule has 1 aliphatic heterocycles. The standard InChI is InChI=1S/C23H27N3O4S3/c1-17-16-19-12-15-31-23(19)22(18-6-4-3-5-7-18)26(17)14-13-24-33(29,30)21-10-8-20(9-11-21)25-32(2,27)28/h3-12,15,17,22,24-25H,13-14,16H2,1-2H3. The number of benzene rings is 2. The first-order chi connectivity index (χ1) is 15.6. The van der Waals surface area contributed by atoms with Gasteiger partial charge in [-0.25, -0.2) is 21.6 Å². The quantitative estimate of drug-likeness (QED) is 0.489. The number of nitrogens with zero attached hydrogens (tertiary/aromatic N) is 1. The number of hydrogen-bond acceptors (Lipinski definition) is 6. The van der Waals surface area contributed by atoms with E-state index in [0.29, 0.717) is 12.2 Å². The van der Waals surface area contributed by atoms with Crippen LogP contribution in [-0.4, -0.2) is 47.1 Å². The van der Waals surface area contributed by atoms with E-state index in [4.69, 9.17) is 0 Å². The van der Waals surface area contributed by atoms with Gasteiger partial charge in [0.15, 0.2) is 0 Å². The number of rotatable bonds is 8. The van der Waals surface area contributed by atoms with Gasteiger partial charge >= 0.3 is 0 Å². The van der Waals surface area contributed by atoms with E-state index in [1.807, 2.05) is 18.2 Å². The fraction of sp³-hybridized carbons (Fsp3) is 0.304. The molecule has 176 valence electrons. The van der Waals surface area contributed by atoms with E-state index in [1.165, 1.54) is 40.3 Å². The van der Waals surface area contributed by atoms with Crippen LogP contribution in [0.2, 0.25) is 0 Å². The van der Waals surface area contributed by atoms with Crippen molar-refractivity contribution in [3.05, 3.63) is 82.0 Å². The van der Waals surface area contributed by atoms with Gasteiger partial charge in [0.05, 0.1) is 17.2 Å². The molecule has 3 aromatic rings. The van der Waals surface area contributed by atoms with E-state index in [9.17, 15) is 16.8 Å². The highest BCUT2D eigenvalue weighted by molar-refractivity contribution is 7.92. The molecule has 0 amide bonds. The van der Waals surface area contributed by atoms with Gasteiger partial charge in [-0.1, -0.05) is 30.3 Å². The Morgan fingerprint density at radius 2 is 1.70 bits per heavy atom. The summed E-state index contributed by atoms with van der Waals surface area (Å²) in [7, 11) is -7.14. The normalized spacial score (nSPS) is 19.2. The fourth-order valence-electron chi connectivity index (χ4n) is 4.23. The van der Waals surface area contributed by atoms with Crippen LogP contribution in [0, 0.1) is 0 Å². The molecule has 0 spiro atoms. The van der Waals surface area contributed by atoms with Gasteiger partial charge in [0.25, 0.3) is 0 Å². The number of fused-ring (bicyclic) bond motifs is 1. The molecule has 2 aromatic carbocycles. The van der Waals surface area contributed by atoms with E-state index < -0.39 is 20.0 Å². The minimum atomic E-state index is -3.72. The van der Waals surface area contributed by atoms with Crippen molar-refractivity contribution < 1.29 is 16.8 Å². The zero-order valence-corrected chi connectivity index (χ0v) is 20.9. The molecular formula is C23H27N3O4S3. The third-order valence-electron chi connectivity index (χ3n) is 5.69. The SMILES string of the molecule is CC1Cc2ccsc2C(c2ccccc2)N1CCNS(=O)(=O)c1ccc(NS(C)(=O)=O)cc1. The Labute approximate surface area is 199 Å². The van der Waals surface area contributed by atoms with E-state index in [-0.39, 0.29) is 23.5 Å². The van der Waals surface area contributed by atoms with Crippen molar-refractivity contribution >= 4 is 37.1 Å². The topological polar surface area (TPSA) is 95.6 Å². The molecule has 0 aliphatic carbocycles. The van der Waals surface area contributed by atoms with Gasteiger partial charge in [0.1, 0.15) is 0 Å². The van der Waals surface area contributed by atoms with Crippen LogP contribution in [0.1, 0.15) is 29.0 Å². The summed E-state index contributed by atoms with van der Waals surface area (Å²) >= 11 is 1.75. The van der Waals surface area contributed by atoms with Crippen molar-refractivity contribution in [2.75, 3.05) is 24.1 Å². The molecular weight excluding hydrogens is 478 g/mol. The lowest BCUT2D eigenvalue weighted by molar-refractivity contribution is 0.157. The molecule has 1 aromatic heterocycles. The Hall–Kier alpha value is -2.24. The summed E-state index contributed by atoms with van der Waals surface area (Å²) in [5, 5.41) is 2.13. The van der Waals surface area contributed by atoms with Crippen LogP contribution >= 0.6 is 11.3 Å². The van der Waals surface area contributed by atoms with E-state index in [2.05, 4.69) is 44.8 Å². The smallest absolute Gasteiger partial charge is 0.240 e. The van der Waals surface area contributed by atoms with Crippen LogP contribution in [-0.2, 0) is 26.5 Å². The molecule has 2 unspecified atom stereocenters. The van der Waals surface area contributed by atoms with Gasteiger partial charge in [0.2, 0.25) is 20.0 Å². The van der Waals surface area contributed by atoms with Gasteiger partial charge in [-0.05, 0) is 60.2 Å². The Balaban J connectivity index is 1.47. The lowest BCUT2D eigenvalue weighted by Crippen LogP contribution is -2.45. The summed E-state index contributed by atoms with van der Waals surface area (Å²) in [5.74, 6) is 0. The Morgan fingerprint density at radius 1 is 1.00 bits per heavy atom. The molecule has 1 aliphatic rings. The van der Waals surface area contributed by atoms with Gasteiger partial charge in [-0.3, -0.25) is 9.62 Å². The third kappa shape index (κ3) is 5.64. The van der Waals surface area contributed by atoms with Crippen molar-refractivity contribution in [3.8, 4) is 0 Å². The highest BCUT2D eigenvalue weighted by Crippen LogP contribution is 2.40. The molecule has 2 N–H and O–H groups in total. The summed E-state index contributed by atoms with van der Waals surface area (Å²) in [6.07, 6.45) is 1.98. The van der Waals surface area contributed by atoms with Crippen molar-refractivity contribution in [1.29, 1.82) is 0 Å². The summed E-state index contributed by atoms with van der Waals surface area (Å²) < 4.78 is 53.3. The van der Waals surface area contributed by atoms with Crippen LogP contribution < -0.4 is 9.44 Å². The van der Waals surface area contributed by atoms with Crippen LogP contribution in [0.4, 0.5) is 5.69 Å². The summed E-state index contributed by atoms with van der Waals surface area (Å²) in [6, 6.07) is 18.5. The molecule has 4 rings (SSSR count). The minimum Gasteiger partial charge on any atom is -0.287 e. The molecule has 2 heterocycles. The number of anilines is 1. The van der Waals surface area contributed by atoms with Crippen molar-refractivity contribution in [2.24, 2.45) is 0 Å². The van der Waals surface area contributed by atoms with Crippen LogP contribution in [0.25, 0.3) is 0 Å². The minimum absolute atomic E-state index is 0.0911. The van der Waals surface area contributed by atoms with Crippen LogP contribution in [0.15, 0.2) is 70.9 Å². The third-order valence-corrected chi connectivity index (χ3v) is 8.78. The molecule has 0 saturated heterocycles. The predicted octanol–water partition coefficient (Wildman–Crippen LogP) is 3.43. The monoisotopic (exact) mass is 505 g/mol. The average molecular weight is 506 g/mol. The Bertz CT molecular complexity index is 1300. The van der Waals surface area contributed by atoms with Crippen LogP contribution in [0.3, 0.4) is 0 Å². The molecule has 0 saturated carbocycles. The molecule has 0 bridgehead atoms. The first-order valence-corrected chi connectivity index (χ1v) is 14.8. The Morgan fingerprint density at radius 3 is 2.36 bits per heavy atom. The number of sulfonamides is 2. The highest BCUT2D eigenvalue weighted by Gasteiger charge is 2.34. The van der Waals surface area contributed by atoms with Gasteiger partial charge < -0.3 is 0 Å². The molecule has 0 fully saturated rings. The largest absolute Gasteiger partial charge is 0.287 e. The lowest BCUT2D eigenvalue weighted by atomic mass is 9.91. The zero-order valence-electron chi connectivity index (χ0n) is 18.4. The van der Waals surface area contributed by atoms with Gasteiger partial charge in [0, 0.05) is 29.7 Å². The maximum Gasteiger partial charge on any atom is 0.240 e. The number of thiophene rings is 1. The second-order valence-corrected chi connectivity index (χ2v) is 12.7. The maximum absolute atomic E-state index is 12.8. The molecule has 33 heavy (non-hydrogen) atoms. The van der Waals surface area contributed by atoms with Crippen LogP contribution in [0.5, 0.6) is 0 Å². The van der Waals surface area contributed by atoms with E-state index >= 15 is 0 Å². The predicted molar refractivity (Wildman–Crippen MR) is 133 cm³/mol. The summed E-state index contributed by atoms with van der Waals surface area (Å²) in [6.45, 7) is 3.00. The van der Waals surface area contributed by atoms with Crippen molar-refractivity contribution in [1.82, 2.24) is 9.62 Å². The summed E-state index contributed by atoms with van der Waals surface area (Å²) in [5.41, 5.74) is 2.88. The second kappa shape index (κ2) is 9.55. The second-order valence-electron chi connectivity index (χ2n) is 8.21. The average Bonchev–Trinajstić information content (AvgIpc) is 3.21. The van der Waals surface area contributed by atoms with E-state index in [1.54, 1.807) is 11.3 Å².